The van der Waals surface area contributed by atoms with E-state index in [0.717, 1.165) is 25.8 Å². The van der Waals surface area contributed by atoms with Gasteiger partial charge in [0, 0.05) is 26.6 Å². The summed E-state index contributed by atoms with van der Waals surface area (Å²) in [7, 11) is 1.85. The largest absolute Gasteiger partial charge is 0.481 e. The monoisotopic (exact) mass is 298 g/mol. The molecule has 2 amide bonds. The maximum absolute atomic E-state index is 11.9. The van der Waals surface area contributed by atoms with Gasteiger partial charge in [0.25, 0.3) is 0 Å². The minimum atomic E-state index is -0.736. The normalized spacial score (nSPS) is 16.1. The summed E-state index contributed by atoms with van der Waals surface area (Å²) in [4.78, 5) is 24.4. The lowest BCUT2D eigenvalue weighted by Crippen LogP contribution is -2.41. The van der Waals surface area contributed by atoms with Crippen LogP contribution in [0.3, 0.4) is 0 Å². The van der Waals surface area contributed by atoms with Crippen molar-refractivity contribution in [3.05, 3.63) is 0 Å². The Hall–Kier alpha value is -1.26. The fourth-order valence-corrected chi connectivity index (χ4v) is 2.83. The Morgan fingerprint density at radius 3 is 2.52 bits per heavy atom. The second-order valence-electron chi connectivity index (χ2n) is 6.29. The van der Waals surface area contributed by atoms with Crippen LogP contribution in [0.4, 0.5) is 4.79 Å². The number of hydrogen-bond acceptors (Lipinski definition) is 2. The van der Waals surface area contributed by atoms with Gasteiger partial charge in [0.2, 0.25) is 0 Å². The molecule has 0 radical (unpaired) electrons. The lowest BCUT2D eigenvalue weighted by molar-refractivity contribution is -0.137. The number of aliphatic carboxylic acids is 1. The first-order chi connectivity index (χ1) is 10.0. The second kappa shape index (κ2) is 9.64. The summed E-state index contributed by atoms with van der Waals surface area (Å²) in [6.07, 6.45) is 7.65. The van der Waals surface area contributed by atoms with Gasteiger partial charge >= 0.3 is 12.0 Å². The number of carbonyl (C=O) groups is 2. The van der Waals surface area contributed by atoms with Crippen LogP contribution in [0.25, 0.3) is 0 Å². The topological polar surface area (TPSA) is 69.6 Å². The molecular weight excluding hydrogens is 268 g/mol. The summed E-state index contributed by atoms with van der Waals surface area (Å²) in [6.45, 7) is 3.60. The highest BCUT2D eigenvalue weighted by Crippen LogP contribution is 2.26. The fourth-order valence-electron chi connectivity index (χ4n) is 2.83. The van der Waals surface area contributed by atoms with E-state index < -0.39 is 5.97 Å². The number of carboxylic acids is 1. The van der Waals surface area contributed by atoms with E-state index in [-0.39, 0.29) is 12.5 Å². The second-order valence-corrected chi connectivity index (χ2v) is 6.29. The Morgan fingerprint density at radius 2 is 2.00 bits per heavy atom. The lowest BCUT2D eigenvalue weighted by Gasteiger charge is -2.30. The molecule has 0 aromatic rings. The van der Waals surface area contributed by atoms with Crippen LogP contribution in [0.5, 0.6) is 0 Å². The van der Waals surface area contributed by atoms with Gasteiger partial charge in [-0.3, -0.25) is 4.79 Å². The van der Waals surface area contributed by atoms with Crippen molar-refractivity contribution < 1.29 is 14.7 Å². The van der Waals surface area contributed by atoms with Gasteiger partial charge in [0.15, 0.2) is 0 Å². The number of amides is 2. The summed E-state index contributed by atoms with van der Waals surface area (Å²) in [6, 6.07) is -0.00427. The molecule has 1 saturated carbocycles. The molecular formula is C16H30N2O3. The minimum absolute atomic E-state index is 0.00427. The molecule has 1 atom stereocenters. The van der Waals surface area contributed by atoms with Crippen LogP contribution in [-0.2, 0) is 4.79 Å². The van der Waals surface area contributed by atoms with E-state index in [0.29, 0.717) is 24.8 Å². The molecule has 0 bridgehead atoms. The molecule has 1 aliphatic carbocycles. The van der Waals surface area contributed by atoms with Crippen molar-refractivity contribution in [2.24, 2.45) is 11.8 Å². The first-order valence-corrected chi connectivity index (χ1v) is 8.23. The number of carboxylic acid groups (broad SMARTS) is 1. The fraction of sp³-hybridized carbons (Fsp3) is 0.875. The number of urea groups is 1. The number of rotatable bonds is 10. The van der Waals surface area contributed by atoms with Crippen LogP contribution < -0.4 is 5.32 Å². The van der Waals surface area contributed by atoms with Crippen molar-refractivity contribution >= 4 is 12.0 Å². The zero-order chi connectivity index (χ0) is 15.7. The molecule has 5 heteroatoms. The zero-order valence-electron chi connectivity index (χ0n) is 13.4. The van der Waals surface area contributed by atoms with Crippen molar-refractivity contribution in [2.75, 3.05) is 20.1 Å². The quantitative estimate of drug-likeness (QED) is 0.651. The minimum Gasteiger partial charge on any atom is -0.481 e. The van der Waals surface area contributed by atoms with Gasteiger partial charge in [-0.05, 0) is 37.5 Å². The maximum Gasteiger partial charge on any atom is 0.317 e. The molecule has 122 valence electrons. The van der Waals surface area contributed by atoms with Gasteiger partial charge in [-0.15, -0.1) is 0 Å². The van der Waals surface area contributed by atoms with Crippen molar-refractivity contribution in [3.63, 3.8) is 0 Å². The Bertz CT molecular complexity index is 329. The smallest absolute Gasteiger partial charge is 0.317 e. The molecule has 0 aromatic heterocycles. The summed E-state index contributed by atoms with van der Waals surface area (Å²) in [5.41, 5.74) is 0. The van der Waals surface area contributed by atoms with Crippen LogP contribution in [0.1, 0.15) is 58.3 Å². The predicted octanol–water partition coefficient (Wildman–Crippen LogP) is 3.10. The molecule has 2 N–H and O–H groups in total. The average molecular weight is 298 g/mol. The van der Waals surface area contributed by atoms with Crippen LogP contribution in [0.2, 0.25) is 0 Å². The van der Waals surface area contributed by atoms with Crippen LogP contribution >= 0.6 is 0 Å². The number of hydrogen-bond donors (Lipinski definition) is 2. The predicted molar refractivity (Wildman–Crippen MR) is 83.3 cm³/mol. The Labute approximate surface area is 128 Å². The van der Waals surface area contributed by atoms with E-state index in [4.69, 9.17) is 5.11 Å². The van der Waals surface area contributed by atoms with Gasteiger partial charge in [-0.2, -0.15) is 0 Å². The molecule has 5 nitrogen and oxygen atoms in total. The molecule has 0 aromatic carbocycles. The van der Waals surface area contributed by atoms with Crippen LogP contribution in [0, 0.1) is 11.8 Å². The van der Waals surface area contributed by atoms with E-state index in [9.17, 15) is 9.59 Å². The Morgan fingerprint density at radius 1 is 1.29 bits per heavy atom. The molecule has 0 spiro atoms. The third-order valence-corrected chi connectivity index (χ3v) is 4.40. The highest BCUT2D eigenvalue weighted by Gasteiger charge is 2.21. The number of nitrogens with one attached hydrogen (secondary N) is 1. The van der Waals surface area contributed by atoms with Crippen molar-refractivity contribution in [1.82, 2.24) is 10.2 Å². The molecule has 1 fully saturated rings. The number of nitrogens with zero attached hydrogens (tertiary/aromatic N) is 1. The Kier molecular flexibility index (Phi) is 8.16. The summed E-state index contributed by atoms with van der Waals surface area (Å²) in [5, 5.41) is 11.7. The molecule has 0 heterocycles. The van der Waals surface area contributed by atoms with Crippen molar-refractivity contribution in [3.8, 4) is 0 Å². The Balaban J connectivity index is 2.18. The first kappa shape index (κ1) is 17.8. The van der Waals surface area contributed by atoms with Gasteiger partial charge in [0.05, 0.1) is 0 Å². The highest BCUT2D eigenvalue weighted by atomic mass is 16.4. The summed E-state index contributed by atoms with van der Waals surface area (Å²) >= 11 is 0. The SMILES string of the molecule is CCCC(CCNC(=O)N(C)CC1CCC1)CCC(=O)O. The standard InChI is InChI=1S/C16H30N2O3/c1-3-5-13(8-9-15(19)20)10-11-17-16(21)18(2)12-14-6-4-7-14/h13-14H,3-12H2,1-2H3,(H,17,21)(H,19,20). The summed E-state index contributed by atoms with van der Waals surface area (Å²) in [5.74, 6) is 0.341. The van der Waals surface area contributed by atoms with Crippen LogP contribution in [0.15, 0.2) is 0 Å². The van der Waals surface area contributed by atoms with E-state index >= 15 is 0 Å². The summed E-state index contributed by atoms with van der Waals surface area (Å²) < 4.78 is 0. The average Bonchev–Trinajstić information content (AvgIpc) is 2.39. The van der Waals surface area contributed by atoms with Crippen molar-refractivity contribution in [1.29, 1.82) is 0 Å². The molecule has 1 unspecified atom stereocenters. The third-order valence-electron chi connectivity index (χ3n) is 4.40. The molecule has 1 rings (SSSR count). The molecule has 0 aliphatic heterocycles. The molecule has 0 saturated heterocycles. The third kappa shape index (κ3) is 7.34. The van der Waals surface area contributed by atoms with E-state index in [1.54, 1.807) is 4.90 Å². The highest BCUT2D eigenvalue weighted by molar-refractivity contribution is 5.73. The molecule has 21 heavy (non-hydrogen) atoms. The van der Waals surface area contributed by atoms with Gasteiger partial charge < -0.3 is 15.3 Å². The van der Waals surface area contributed by atoms with Gasteiger partial charge in [-0.1, -0.05) is 26.2 Å². The van der Waals surface area contributed by atoms with Gasteiger partial charge in [0.1, 0.15) is 0 Å². The van der Waals surface area contributed by atoms with E-state index in [1.165, 1.54) is 19.3 Å². The van der Waals surface area contributed by atoms with Crippen LogP contribution in [-0.4, -0.2) is 42.1 Å². The van der Waals surface area contributed by atoms with Gasteiger partial charge in [-0.25, -0.2) is 4.79 Å². The zero-order valence-corrected chi connectivity index (χ0v) is 13.4. The van der Waals surface area contributed by atoms with Crippen molar-refractivity contribution in [2.45, 2.75) is 58.3 Å². The molecule has 1 aliphatic rings. The lowest BCUT2D eigenvalue weighted by atomic mass is 9.85. The number of carbonyl (C=O) groups excluding carboxylic acids is 1. The van der Waals surface area contributed by atoms with E-state index in [2.05, 4.69) is 12.2 Å². The first-order valence-electron chi connectivity index (χ1n) is 8.23. The van der Waals surface area contributed by atoms with E-state index in [1.807, 2.05) is 7.05 Å². The maximum atomic E-state index is 11.9.